The van der Waals surface area contributed by atoms with Gasteiger partial charge in [-0.25, -0.2) is 8.42 Å². The van der Waals surface area contributed by atoms with Gasteiger partial charge in [0.2, 0.25) is 5.09 Å². The van der Waals surface area contributed by atoms with Crippen LogP contribution in [0.3, 0.4) is 0 Å². The zero-order valence-electron chi connectivity index (χ0n) is 9.86. The van der Waals surface area contributed by atoms with E-state index in [1.807, 2.05) is 6.92 Å². The molecular weight excluding hydrogens is 240 g/mol. The van der Waals surface area contributed by atoms with E-state index in [-0.39, 0.29) is 5.09 Å². The maximum absolute atomic E-state index is 11.8. The van der Waals surface area contributed by atoms with E-state index in [1.165, 1.54) is 6.07 Å². The Hall–Kier alpha value is -1.29. The lowest BCUT2D eigenvalue weighted by molar-refractivity contribution is 0.401. The summed E-state index contributed by atoms with van der Waals surface area (Å²) in [6, 6.07) is 2.47. The first kappa shape index (κ1) is 13.8. The molecule has 1 aromatic rings. The summed E-state index contributed by atoms with van der Waals surface area (Å²) in [4.78, 5) is 0. The topological polar surface area (TPSA) is 71.3 Å². The van der Waals surface area contributed by atoms with Crippen LogP contribution in [0.15, 0.2) is 21.6 Å². The predicted octanol–water partition coefficient (Wildman–Crippen LogP) is 0.689. The molecule has 0 radical (unpaired) electrons. The number of terminal acetylenes is 1. The fraction of sp³-hybridized carbons (Fsp3) is 0.455. The zero-order valence-corrected chi connectivity index (χ0v) is 10.7. The van der Waals surface area contributed by atoms with Crippen molar-refractivity contribution >= 4 is 10.0 Å². The number of hydrogen-bond acceptors (Lipinski definition) is 4. The molecule has 0 aliphatic rings. The number of sulfonamides is 1. The van der Waals surface area contributed by atoms with Crippen LogP contribution in [0.5, 0.6) is 0 Å². The minimum atomic E-state index is -3.66. The van der Waals surface area contributed by atoms with Crippen LogP contribution in [0.1, 0.15) is 19.6 Å². The molecule has 0 aliphatic carbocycles. The zero-order chi connectivity index (χ0) is 12.9. The molecule has 6 heteroatoms. The summed E-state index contributed by atoms with van der Waals surface area (Å²) in [6.45, 7) is 4.82. The monoisotopic (exact) mass is 256 g/mol. The Balaban J connectivity index is 2.79. The molecule has 1 aromatic heterocycles. The van der Waals surface area contributed by atoms with E-state index in [4.69, 9.17) is 10.8 Å². The lowest BCUT2D eigenvalue weighted by Crippen LogP contribution is -2.31. The first-order valence-electron chi connectivity index (χ1n) is 5.27. The van der Waals surface area contributed by atoms with Gasteiger partial charge < -0.3 is 9.73 Å². The predicted molar refractivity (Wildman–Crippen MR) is 64.7 cm³/mol. The van der Waals surface area contributed by atoms with Gasteiger partial charge in [0.25, 0.3) is 10.0 Å². The van der Waals surface area contributed by atoms with E-state index < -0.39 is 16.1 Å². The van der Waals surface area contributed by atoms with Crippen LogP contribution in [0.2, 0.25) is 0 Å². The van der Waals surface area contributed by atoms with E-state index in [1.54, 1.807) is 13.0 Å². The van der Waals surface area contributed by atoms with E-state index in [0.717, 1.165) is 6.54 Å². The molecular formula is C11H16N2O3S. The second-order valence-electron chi connectivity index (χ2n) is 3.51. The lowest BCUT2D eigenvalue weighted by atomic mass is 10.4. The Bertz CT molecular complexity index is 499. The second-order valence-corrected chi connectivity index (χ2v) is 5.16. The van der Waals surface area contributed by atoms with Gasteiger partial charge in [-0.05, 0) is 25.6 Å². The van der Waals surface area contributed by atoms with Crippen LogP contribution in [0.25, 0.3) is 0 Å². The van der Waals surface area contributed by atoms with Crippen LogP contribution < -0.4 is 10.0 Å². The van der Waals surface area contributed by atoms with Gasteiger partial charge in [0.15, 0.2) is 0 Å². The standard InChI is InChI=1S/C11H16N2O3S/c1-4-9(3)13-17(14,15)11-7-6-10(16-11)8-12-5-2/h1,6-7,9,12-13H,5,8H2,2-3H3. The molecule has 0 aliphatic heterocycles. The van der Waals surface area contributed by atoms with Gasteiger partial charge in [0, 0.05) is 0 Å². The Morgan fingerprint density at radius 3 is 2.82 bits per heavy atom. The van der Waals surface area contributed by atoms with Gasteiger partial charge in [0.05, 0.1) is 12.6 Å². The lowest BCUT2D eigenvalue weighted by Gasteiger charge is -2.06. The van der Waals surface area contributed by atoms with E-state index in [2.05, 4.69) is 16.0 Å². The fourth-order valence-electron chi connectivity index (χ4n) is 1.17. The molecule has 0 saturated heterocycles. The third kappa shape index (κ3) is 3.89. The van der Waals surface area contributed by atoms with Crippen molar-refractivity contribution in [2.24, 2.45) is 0 Å². The average Bonchev–Trinajstić information content (AvgIpc) is 2.75. The summed E-state index contributed by atoms with van der Waals surface area (Å²) in [7, 11) is -3.66. The van der Waals surface area contributed by atoms with Crippen molar-refractivity contribution in [1.82, 2.24) is 10.0 Å². The van der Waals surface area contributed by atoms with Gasteiger partial charge in [-0.2, -0.15) is 4.72 Å². The highest BCUT2D eigenvalue weighted by molar-refractivity contribution is 7.89. The maximum atomic E-state index is 11.8. The van der Waals surface area contributed by atoms with Crippen molar-refractivity contribution in [2.45, 2.75) is 31.5 Å². The number of furan rings is 1. The van der Waals surface area contributed by atoms with Crippen LogP contribution in [0, 0.1) is 12.3 Å². The van der Waals surface area contributed by atoms with Crippen molar-refractivity contribution in [1.29, 1.82) is 0 Å². The number of hydrogen-bond donors (Lipinski definition) is 2. The SMILES string of the molecule is C#CC(C)NS(=O)(=O)c1ccc(CNCC)o1. The molecule has 0 bridgehead atoms. The van der Waals surface area contributed by atoms with Crippen LogP contribution in [0.4, 0.5) is 0 Å². The Morgan fingerprint density at radius 1 is 1.53 bits per heavy atom. The van der Waals surface area contributed by atoms with Gasteiger partial charge in [-0.1, -0.05) is 12.8 Å². The van der Waals surface area contributed by atoms with Crippen molar-refractivity contribution in [3.8, 4) is 12.3 Å². The normalized spacial score (nSPS) is 13.2. The fourth-order valence-corrected chi connectivity index (χ4v) is 2.28. The van der Waals surface area contributed by atoms with Gasteiger partial charge in [-0.15, -0.1) is 6.42 Å². The third-order valence-electron chi connectivity index (χ3n) is 2.03. The average molecular weight is 256 g/mol. The molecule has 0 spiro atoms. The Labute approximate surface area is 102 Å². The molecule has 0 saturated carbocycles. The highest BCUT2D eigenvalue weighted by atomic mass is 32.2. The van der Waals surface area contributed by atoms with Crippen LogP contribution in [-0.4, -0.2) is 21.0 Å². The molecule has 2 N–H and O–H groups in total. The highest BCUT2D eigenvalue weighted by Crippen LogP contribution is 2.13. The molecule has 0 aromatic carbocycles. The van der Waals surface area contributed by atoms with Crippen molar-refractivity contribution in [3.05, 3.63) is 17.9 Å². The van der Waals surface area contributed by atoms with Gasteiger partial charge >= 0.3 is 0 Å². The minimum Gasteiger partial charge on any atom is -0.447 e. The van der Waals surface area contributed by atoms with Crippen LogP contribution >= 0.6 is 0 Å². The summed E-state index contributed by atoms with van der Waals surface area (Å²) in [5.41, 5.74) is 0. The third-order valence-corrected chi connectivity index (χ3v) is 3.45. The first-order valence-corrected chi connectivity index (χ1v) is 6.75. The molecule has 5 nitrogen and oxygen atoms in total. The molecule has 0 amide bonds. The summed E-state index contributed by atoms with van der Waals surface area (Å²) < 4.78 is 31.1. The summed E-state index contributed by atoms with van der Waals surface area (Å²) in [5.74, 6) is 2.86. The molecule has 0 fully saturated rings. The van der Waals surface area contributed by atoms with Crippen molar-refractivity contribution < 1.29 is 12.8 Å². The first-order chi connectivity index (χ1) is 7.99. The molecule has 17 heavy (non-hydrogen) atoms. The van der Waals surface area contributed by atoms with E-state index in [0.29, 0.717) is 12.3 Å². The second kappa shape index (κ2) is 5.87. The quantitative estimate of drug-likeness (QED) is 0.735. The summed E-state index contributed by atoms with van der Waals surface area (Å²) >= 11 is 0. The molecule has 1 atom stereocenters. The smallest absolute Gasteiger partial charge is 0.275 e. The van der Waals surface area contributed by atoms with Crippen molar-refractivity contribution in [2.75, 3.05) is 6.54 Å². The summed E-state index contributed by atoms with van der Waals surface area (Å²) in [6.07, 6.45) is 5.11. The van der Waals surface area contributed by atoms with Gasteiger partial charge in [0.1, 0.15) is 5.76 Å². The van der Waals surface area contributed by atoms with E-state index in [9.17, 15) is 8.42 Å². The highest BCUT2D eigenvalue weighted by Gasteiger charge is 2.20. The molecule has 1 rings (SSSR count). The Kier molecular flexibility index (Phi) is 4.75. The van der Waals surface area contributed by atoms with Gasteiger partial charge in [-0.3, -0.25) is 0 Å². The molecule has 1 heterocycles. The maximum Gasteiger partial charge on any atom is 0.275 e. The number of nitrogens with one attached hydrogen (secondary N) is 2. The summed E-state index contributed by atoms with van der Waals surface area (Å²) in [5, 5.41) is 2.92. The largest absolute Gasteiger partial charge is 0.447 e. The molecule has 94 valence electrons. The van der Waals surface area contributed by atoms with Crippen LogP contribution in [-0.2, 0) is 16.6 Å². The Morgan fingerprint density at radius 2 is 2.24 bits per heavy atom. The number of rotatable bonds is 6. The molecule has 1 unspecified atom stereocenters. The minimum absolute atomic E-state index is 0.118. The van der Waals surface area contributed by atoms with Crippen molar-refractivity contribution in [3.63, 3.8) is 0 Å². The van der Waals surface area contributed by atoms with E-state index >= 15 is 0 Å².